The van der Waals surface area contributed by atoms with Gasteiger partial charge in [-0.2, -0.15) is 0 Å². The fourth-order valence-corrected chi connectivity index (χ4v) is 3.24. The molecule has 3 atom stereocenters. The number of nitrogens with zero attached hydrogens (tertiary/aromatic N) is 2. The van der Waals surface area contributed by atoms with Gasteiger partial charge in [0, 0.05) is 25.2 Å². The summed E-state index contributed by atoms with van der Waals surface area (Å²) < 4.78 is 5.51. The number of hydrogen-bond donors (Lipinski definition) is 1. The van der Waals surface area contributed by atoms with Crippen LogP contribution in [0.4, 0.5) is 0 Å². The Morgan fingerprint density at radius 3 is 2.86 bits per heavy atom. The van der Waals surface area contributed by atoms with E-state index in [9.17, 15) is 0 Å². The molecule has 120 valence electrons. The first-order valence-corrected chi connectivity index (χ1v) is 8.35. The molecule has 1 aliphatic rings. The highest BCUT2D eigenvalue weighted by Gasteiger charge is 2.29. The molecule has 0 saturated carbocycles. The quantitative estimate of drug-likeness (QED) is 0.874. The number of aromatic nitrogens is 1. The lowest BCUT2D eigenvalue weighted by atomic mass is 9.86. The lowest BCUT2D eigenvalue weighted by molar-refractivity contribution is 0.0649. The first-order valence-electron chi connectivity index (χ1n) is 8.35. The molecule has 21 heavy (non-hydrogen) atoms. The third-order valence-electron chi connectivity index (χ3n) is 4.55. The van der Waals surface area contributed by atoms with Crippen molar-refractivity contribution in [1.82, 2.24) is 15.4 Å². The van der Waals surface area contributed by atoms with Crippen LogP contribution < -0.4 is 5.32 Å². The zero-order valence-corrected chi connectivity index (χ0v) is 14.2. The van der Waals surface area contributed by atoms with Crippen molar-refractivity contribution in [2.45, 2.75) is 60.2 Å². The predicted octanol–water partition coefficient (Wildman–Crippen LogP) is 3.29. The van der Waals surface area contributed by atoms with Crippen molar-refractivity contribution in [3.63, 3.8) is 0 Å². The van der Waals surface area contributed by atoms with Crippen LogP contribution >= 0.6 is 0 Å². The summed E-state index contributed by atoms with van der Waals surface area (Å²) in [6, 6.07) is 2.72. The second-order valence-corrected chi connectivity index (χ2v) is 7.30. The number of piperidine rings is 1. The van der Waals surface area contributed by atoms with Gasteiger partial charge in [0.25, 0.3) is 0 Å². The van der Waals surface area contributed by atoms with E-state index in [4.69, 9.17) is 4.52 Å². The van der Waals surface area contributed by atoms with Crippen LogP contribution in [0.2, 0.25) is 0 Å². The third kappa shape index (κ3) is 4.82. The molecule has 1 aliphatic heterocycles. The van der Waals surface area contributed by atoms with E-state index in [0.717, 1.165) is 49.5 Å². The fourth-order valence-electron chi connectivity index (χ4n) is 3.24. The molecule has 4 nitrogen and oxygen atoms in total. The Kier molecular flexibility index (Phi) is 5.82. The summed E-state index contributed by atoms with van der Waals surface area (Å²) in [7, 11) is 0. The van der Waals surface area contributed by atoms with Crippen LogP contribution in [0.5, 0.6) is 0 Å². The zero-order valence-electron chi connectivity index (χ0n) is 14.2. The molecule has 3 unspecified atom stereocenters. The Morgan fingerprint density at radius 2 is 2.14 bits per heavy atom. The first-order chi connectivity index (χ1) is 9.95. The Labute approximate surface area is 129 Å². The van der Waals surface area contributed by atoms with Gasteiger partial charge in [0.1, 0.15) is 0 Å². The largest absolute Gasteiger partial charge is 0.360 e. The smallest absolute Gasteiger partial charge is 0.151 e. The van der Waals surface area contributed by atoms with Crippen LogP contribution in [-0.4, -0.2) is 29.2 Å². The molecule has 0 amide bonds. The lowest BCUT2D eigenvalue weighted by Crippen LogP contribution is -2.45. The van der Waals surface area contributed by atoms with Gasteiger partial charge >= 0.3 is 0 Å². The van der Waals surface area contributed by atoms with E-state index >= 15 is 0 Å². The first kappa shape index (κ1) is 16.5. The van der Waals surface area contributed by atoms with E-state index < -0.39 is 0 Å². The summed E-state index contributed by atoms with van der Waals surface area (Å²) in [6.45, 7) is 15.3. The van der Waals surface area contributed by atoms with Crippen LogP contribution in [0, 0.1) is 17.8 Å². The third-order valence-corrected chi connectivity index (χ3v) is 4.55. The molecule has 4 heteroatoms. The SMILES string of the molecule is CC(C)CNCc1cc(CN2CC(C)CC(C)C2C)on1. The number of hydrogen-bond acceptors (Lipinski definition) is 4. The van der Waals surface area contributed by atoms with Crippen LogP contribution in [0.3, 0.4) is 0 Å². The lowest BCUT2D eigenvalue weighted by Gasteiger charge is -2.40. The number of rotatable bonds is 6. The Balaban J connectivity index is 1.86. The highest BCUT2D eigenvalue weighted by atomic mass is 16.5. The normalized spacial score (nSPS) is 27.4. The van der Waals surface area contributed by atoms with Crippen molar-refractivity contribution < 1.29 is 4.52 Å². The topological polar surface area (TPSA) is 41.3 Å². The van der Waals surface area contributed by atoms with Crippen molar-refractivity contribution in [1.29, 1.82) is 0 Å². The average molecular weight is 293 g/mol. The molecular formula is C17H31N3O. The van der Waals surface area contributed by atoms with Gasteiger partial charge in [0.2, 0.25) is 0 Å². The van der Waals surface area contributed by atoms with Gasteiger partial charge < -0.3 is 9.84 Å². The minimum Gasteiger partial charge on any atom is -0.360 e. The van der Waals surface area contributed by atoms with Crippen molar-refractivity contribution >= 4 is 0 Å². The van der Waals surface area contributed by atoms with Crippen LogP contribution in [-0.2, 0) is 13.1 Å². The van der Waals surface area contributed by atoms with E-state index in [0.29, 0.717) is 12.0 Å². The second kappa shape index (κ2) is 7.41. The Morgan fingerprint density at radius 1 is 1.38 bits per heavy atom. The van der Waals surface area contributed by atoms with Gasteiger partial charge in [-0.3, -0.25) is 4.90 Å². The number of likely N-dealkylation sites (tertiary alicyclic amines) is 1. The van der Waals surface area contributed by atoms with Gasteiger partial charge in [0.15, 0.2) is 5.76 Å². The average Bonchev–Trinajstić information content (AvgIpc) is 2.82. The van der Waals surface area contributed by atoms with Crippen molar-refractivity contribution in [3.8, 4) is 0 Å². The summed E-state index contributed by atoms with van der Waals surface area (Å²) in [5.41, 5.74) is 1.01. The van der Waals surface area contributed by atoms with Crippen LogP contribution in [0.15, 0.2) is 10.6 Å². The van der Waals surface area contributed by atoms with E-state index in [1.165, 1.54) is 6.42 Å². The van der Waals surface area contributed by atoms with E-state index in [1.54, 1.807) is 0 Å². The molecule has 0 spiro atoms. The minimum absolute atomic E-state index is 0.619. The van der Waals surface area contributed by atoms with Gasteiger partial charge in [-0.05, 0) is 37.6 Å². The molecule has 1 fully saturated rings. The summed E-state index contributed by atoms with van der Waals surface area (Å²) >= 11 is 0. The van der Waals surface area contributed by atoms with Crippen LogP contribution in [0.1, 0.15) is 52.5 Å². The zero-order chi connectivity index (χ0) is 15.4. The Hall–Kier alpha value is -0.870. The molecule has 0 radical (unpaired) electrons. The van der Waals surface area contributed by atoms with E-state index in [1.807, 2.05) is 0 Å². The summed E-state index contributed by atoms with van der Waals surface area (Å²) in [6.07, 6.45) is 1.33. The molecule has 1 N–H and O–H groups in total. The second-order valence-electron chi connectivity index (χ2n) is 7.30. The molecule has 1 aromatic rings. The summed E-state index contributed by atoms with van der Waals surface area (Å²) in [5, 5.41) is 7.58. The van der Waals surface area contributed by atoms with Crippen molar-refractivity contribution in [2.24, 2.45) is 17.8 Å². The van der Waals surface area contributed by atoms with Crippen molar-refractivity contribution in [3.05, 3.63) is 17.5 Å². The maximum absolute atomic E-state index is 5.51. The fraction of sp³-hybridized carbons (Fsp3) is 0.824. The molecular weight excluding hydrogens is 262 g/mol. The molecule has 0 aliphatic carbocycles. The number of nitrogens with one attached hydrogen (secondary N) is 1. The standard InChI is InChI=1S/C17H31N3O/c1-12(2)8-18-9-16-7-17(21-19-16)11-20-10-13(3)6-14(4)15(20)5/h7,12-15,18H,6,8-11H2,1-5H3. The molecule has 1 saturated heterocycles. The Bertz CT molecular complexity index is 429. The minimum atomic E-state index is 0.619. The maximum Gasteiger partial charge on any atom is 0.151 e. The van der Waals surface area contributed by atoms with Crippen molar-refractivity contribution in [2.75, 3.05) is 13.1 Å². The summed E-state index contributed by atoms with van der Waals surface area (Å²) in [4.78, 5) is 2.53. The highest BCUT2D eigenvalue weighted by molar-refractivity contribution is 5.05. The predicted molar refractivity (Wildman–Crippen MR) is 85.9 cm³/mol. The highest BCUT2D eigenvalue weighted by Crippen LogP contribution is 2.28. The molecule has 0 aromatic carbocycles. The molecule has 2 rings (SSSR count). The van der Waals surface area contributed by atoms with Gasteiger partial charge in [-0.25, -0.2) is 0 Å². The summed E-state index contributed by atoms with van der Waals surface area (Å²) in [5.74, 6) is 3.17. The molecule has 1 aromatic heterocycles. The molecule has 2 heterocycles. The van der Waals surface area contributed by atoms with Gasteiger partial charge in [0.05, 0.1) is 12.2 Å². The monoisotopic (exact) mass is 293 g/mol. The van der Waals surface area contributed by atoms with Gasteiger partial charge in [-0.1, -0.05) is 32.9 Å². The van der Waals surface area contributed by atoms with Gasteiger partial charge in [-0.15, -0.1) is 0 Å². The maximum atomic E-state index is 5.51. The molecule has 0 bridgehead atoms. The van der Waals surface area contributed by atoms with Crippen LogP contribution in [0.25, 0.3) is 0 Å². The van der Waals surface area contributed by atoms with E-state index in [-0.39, 0.29) is 0 Å². The van der Waals surface area contributed by atoms with E-state index in [2.05, 4.69) is 56.1 Å².